The van der Waals surface area contributed by atoms with Crippen LogP contribution < -0.4 is 4.80 Å². The number of fused-ring (bicyclic) bond motifs is 1. The summed E-state index contributed by atoms with van der Waals surface area (Å²) in [7, 11) is 0. The molecule has 0 atom stereocenters. The lowest BCUT2D eigenvalue weighted by Crippen LogP contribution is -2.31. The number of nitrogens with zero attached hydrogens (tertiary/aromatic N) is 3. The second-order valence-electron chi connectivity index (χ2n) is 7.32. The first-order valence-corrected chi connectivity index (χ1v) is 10.7. The number of hydrogen-bond acceptors (Lipinski definition) is 4. The summed E-state index contributed by atoms with van der Waals surface area (Å²) in [5.41, 5.74) is 2.00. The Morgan fingerprint density at radius 3 is 2.32 bits per heavy atom. The van der Waals surface area contributed by atoms with E-state index >= 15 is 0 Å². The van der Waals surface area contributed by atoms with Gasteiger partial charge in [-0.05, 0) is 31.4 Å². The third-order valence-electron chi connectivity index (χ3n) is 5.39. The van der Waals surface area contributed by atoms with E-state index < -0.39 is 0 Å². The first kappa shape index (κ1) is 21.0. The number of hydrogen-bond donors (Lipinski definition) is 0. The fourth-order valence-corrected chi connectivity index (χ4v) is 4.96. The second-order valence-corrected chi connectivity index (χ2v) is 8.16. The highest BCUT2D eigenvalue weighted by Gasteiger charge is 2.35. The Balaban J connectivity index is 0.00000225. The van der Waals surface area contributed by atoms with Gasteiger partial charge in [0.15, 0.2) is 4.80 Å². The van der Waals surface area contributed by atoms with Gasteiger partial charge >= 0.3 is 0 Å². The second kappa shape index (κ2) is 9.18. The van der Waals surface area contributed by atoms with Gasteiger partial charge in [-0.15, -0.1) is 28.3 Å². The molecular weight excluding hydrogens is 438 g/mol. The van der Waals surface area contributed by atoms with E-state index in [1.807, 2.05) is 0 Å². The first-order chi connectivity index (χ1) is 13.2. The molecule has 28 heavy (non-hydrogen) atoms. The van der Waals surface area contributed by atoms with Crippen molar-refractivity contribution in [3.63, 3.8) is 0 Å². The lowest BCUT2D eigenvalue weighted by atomic mass is 9.96. The van der Waals surface area contributed by atoms with Crippen LogP contribution in [0.4, 0.5) is 0 Å². The van der Waals surface area contributed by atoms with Gasteiger partial charge in [-0.2, -0.15) is 0 Å². The molecule has 4 rings (SSSR count). The smallest absolute Gasteiger partial charge is 0.261 e. The van der Waals surface area contributed by atoms with Gasteiger partial charge in [0.1, 0.15) is 0 Å². The first-order valence-electron chi connectivity index (χ1n) is 9.85. The number of thiazole rings is 1. The predicted molar refractivity (Wildman–Crippen MR) is 116 cm³/mol. The van der Waals surface area contributed by atoms with E-state index in [-0.39, 0.29) is 28.8 Å². The number of benzene rings is 1. The van der Waals surface area contributed by atoms with E-state index in [1.54, 1.807) is 35.6 Å². The highest BCUT2D eigenvalue weighted by atomic mass is 79.9. The number of rotatable bonds is 5. The van der Waals surface area contributed by atoms with Gasteiger partial charge < -0.3 is 4.57 Å². The van der Waals surface area contributed by atoms with Crippen molar-refractivity contribution in [2.75, 3.05) is 0 Å². The van der Waals surface area contributed by atoms with Gasteiger partial charge in [0, 0.05) is 11.9 Å². The Bertz CT molecular complexity index is 893. The van der Waals surface area contributed by atoms with Crippen LogP contribution in [0.2, 0.25) is 0 Å². The molecule has 1 aliphatic heterocycles. The molecule has 0 saturated heterocycles. The number of imide groups is 1. The Hall–Kier alpha value is -1.73. The van der Waals surface area contributed by atoms with Crippen LogP contribution in [0.5, 0.6) is 0 Å². The maximum Gasteiger partial charge on any atom is 0.261 e. The molecule has 5 nitrogen and oxygen atoms in total. The van der Waals surface area contributed by atoms with E-state index in [4.69, 9.17) is 4.99 Å². The molecule has 0 N–H and O–H groups in total. The Morgan fingerprint density at radius 1 is 1.07 bits per heavy atom. The molecule has 0 radical (unpaired) electrons. The van der Waals surface area contributed by atoms with Crippen molar-refractivity contribution < 1.29 is 9.59 Å². The molecule has 1 aromatic heterocycles. The molecule has 1 aliphatic carbocycles. The fraction of sp³-hybridized carbons (Fsp3) is 0.476. The molecule has 0 bridgehead atoms. The van der Waals surface area contributed by atoms with Crippen LogP contribution in [-0.4, -0.2) is 27.3 Å². The number of aromatic nitrogens is 1. The minimum absolute atomic E-state index is 0. The quantitative estimate of drug-likeness (QED) is 0.609. The molecule has 2 aromatic rings. The van der Waals surface area contributed by atoms with Crippen molar-refractivity contribution in [1.82, 2.24) is 9.47 Å². The number of carbonyl (C=O) groups excluding carboxylic acids is 2. The van der Waals surface area contributed by atoms with Crippen molar-refractivity contribution >= 4 is 40.1 Å². The van der Waals surface area contributed by atoms with E-state index in [0.717, 1.165) is 36.3 Å². The van der Waals surface area contributed by atoms with Gasteiger partial charge in [0.2, 0.25) is 0 Å². The lowest BCUT2D eigenvalue weighted by Gasteiger charge is -2.18. The summed E-state index contributed by atoms with van der Waals surface area (Å²) in [5, 5.41) is 2.06. The van der Waals surface area contributed by atoms with E-state index in [9.17, 15) is 9.59 Å². The molecular formula is C21H26BrN3O2S. The minimum atomic E-state index is -0.199. The largest absolute Gasteiger partial charge is 0.319 e. The lowest BCUT2D eigenvalue weighted by molar-refractivity contribution is 0.0638. The number of halogens is 1. The van der Waals surface area contributed by atoms with Crippen LogP contribution >= 0.6 is 28.3 Å². The normalized spacial score (nSPS) is 17.8. The summed E-state index contributed by atoms with van der Waals surface area (Å²) < 4.78 is 2.20. The van der Waals surface area contributed by atoms with Crippen LogP contribution in [0.3, 0.4) is 0 Å². The molecule has 1 aromatic carbocycles. The molecule has 150 valence electrons. The van der Waals surface area contributed by atoms with Crippen LogP contribution in [-0.2, 0) is 13.1 Å². The van der Waals surface area contributed by atoms with Gasteiger partial charge in [0.05, 0.1) is 29.4 Å². The van der Waals surface area contributed by atoms with Gasteiger partial charge in [-0.25, -0.2) is 0 Å². The fourth-order valence-electron chi connectivity index (χ4n) is 3.97. The van der Waals surface area contributed by atoms with Crippen molar-refractivity contribution in [2.24, 2.45) is 4.99 Å². The predicted octanol–water partition coefficient (Wildman–Crippen LogP) is 4.57. The Morgan fingerprint density at radius 2 is 1.71 bits per heavy atom. The summed E-state index contributed by atoms with van der Waals surface area (Å²) in [4.78, 5) is 32.8. The Labute approximate surface area is 179 Å². The van der Waals surface area contributed by atoms with Crippen LogP contribution in [0.15, 0.2) is 34.6 Å². The molecule has 1 fully saturated rings. The SMILES string of the molecule is Br.CCCn1c(CN2C(=O)c3ccccc3C2=O)csc1=NC1CCCCC1. The Kier molecular flexibility index (Phi) is 6.88. The number of amides is 2. The van der Waals surface area contributed by atoms with E-state index in [1.165, 1.54) is 24.2 Å². The van der Waals surface area contributed by atoms with Gasteiger partial charge in [0.25, 0.3) is 11.8 Å². The molecule has 2 aliphatic rings. The monoisotopic (exact) mass is 463 g/mol. The summed E-state index contributed by atoms with van der Waals surface area (Å²) in [6, 6.07) is 7.47. The van der Waals surface area contributed by atoms with Gasteiger partial charge in [-0.1, -0.05) is 38.3 Å². The maximum absolute atomic E-state index is 12.7. The van der Waals surface area contributed by atoms with Crippen LogP contribution in [0.1, 0.15) is 71.9 Å². The van der Waals surface area contributed by atoms with Crippen molar-refractivity contribution in [2.45, 2.75) is 64.6 Å². The molecule has 0 unspecified atom stereocenters. The number of carbonyl (C=O) groups is 2. The van der Waals surface area contributed by atoms with Crippen LogP contribution in [0, 0.1) is 0 Å². The van der Waals surface area contributed by atoms with Crippen molar-refractivity contribution in [3.8, 4) is 0 Å². The average molecular weight is 464 g/mol. The summed E-state index contributed by atoms with van der Waals surface area (Å²) in [6.45, 7) is 3.30. The van der Waals surface area contributed by atoms with Crippen molar-refractivity contribution in [1.29, 1.82) is 0 Å². The topological polar surface area (TPSA) is 54.7 Å². The molecule has 1 saturated carbocycles. The molecule has 7 heteroatoms. The van der Waals surface area contributed by atoms with E-state index in [0.29, 0.717) is 23.7 Å². The third kappa shape index (κ3) is 4.01. The highest BCUT2D eigenvalue weighted by Crippen LogP contribution is 2.25. The zero-order chi connectivity index (χ0) is 18.8. The standard InChI is InChI=1S/C21H25N3O2S.BrH/c1-2-12-23-16(14-27-21(23)22-15-8-4-3-5-9-15)13-24-19(25)17-10-6-7-11-18(17)20(24)26;/h6-7,10-11,14-15H,2-5,8-9,12-13H2,1H3;1H. The molecule has 2 heterocycles. The summed E-state index contributed by atoms with van der Waals surface area (Å²) >= 11 is 1.63. The molecule has 0 spiro atoms. The minimum Gasteiger partial charge on any atom is -0.319 e. The van der Waals surface area contributed by atoms with Crippen LogP contribution in [0.25, 0.3) is 0 Å². The zero-order valence-electron chi connectivity index (χ0n) is 16.1. The average Bonchev–Trinajstić information content (AvgIpc) is 3.18. The molecule has 2 amide bonds. The van der Waals surface area contributed by atoms with Gasteiger partial charge in [-0.3, -0.25) is 19.5 Å². The third-order valence-corrected chi connectivity index (χ3v) is 6.32. The summed E-state index contributed by atoms with van der Waals surface area (Å²) in [5.74, 6) is -0.397. The summed E-state index contributed by atoms with van der Waals surface area (Å²) in [6.07, 6.45) is 7.15. The van der Waals surface area contributed by atoms with Crippen molar-refractivity contribution in [3.05, 3.63) is 51.3 Å². The highest BCUT2D eigenvalue weighted by molar-refractivity contribution is 8.93. The van der Waals surface area contributed by atoms with E-state index in [2.05, 4.69) is 16.9 Å². The zero-order valence-corrected chi connectivity index (χ0v) is 18.6. The maximum atomic E-state index is 12.7.